The number of rotatable bonds is 10. The first-order chi connectivity index (χ1) is 14.0. The first kappa shape index (κ1) is 21.6. The van der Waals surface area contributed by atoms with Crippen LogP contribution in [0, 0.1) is 6.92 Å². The number of ether oxygens (including phenoxy) is 2. The summed E-state index contributed by atoms with van der Waals surface area (Å²) < 4.78 is 11.4. The lowest BCUT2D eigenvalue weighted by Gasteiger charge is -2.21. The third-order valence-electron chi connectivity index (χ3n) is 5.19. The van der Waals surface area contributed by atoms with E-state index >= 15 is 0 Å². The van der Waals surface area contributed by atoms with Gasteiger partial charge in [0.15, 0.2) is 11.5 Å². The average molecular weight is 400 g/mol. The van der Waals surface area contributed by atoms with Crippen LogP contribution in [0.15, 0.2) is 36.5 Å². The van der Waals surface area contributed by atoms with Gasteiger partial charge in [0.1, 0.15) is 12.7 Å². The van der Waals surface area contributed by atoms with Crippen LogP contribution in [0.2, 0.25) is 0 Å². The molecule has 3 rings (SSSR count). The number of aromatic nitrogens is 1. The molecule has 1 saturated heterocycles. The van der Waals surface area contributed by atoms with Crippen molar-refractivity contribution in [2.75, 3.05) is 40.4 Å². The van der Waals surface area contributed by atoms with Crippen molar-refractivity contribution in [1.29, 1.82) is 0 Å². The number of hydrogen-bond donors (Lipinski definition) is 1. The zero-order chi connectivity index (χ0) is 20.6. The fourth-order valence-electron chi connectivity index (χ4n) is 3.81. The number of benzene rings is 1. The van der Waals surface area contributed by atoms with E-state index in [0.717, 1.165) is 37.4 Å². The highest BCUT2D eigenvalue weighted by atomic mass is 16.5. The Bertz CT molecular complexity index is 778. The summed E-state index contributed by atoms with van der Waals surface area (Å²) >= 11 is 0. The molecule has 0 amide bonds. The van der Waals surface area contributed by atoms with Crippen LogP contribution in [0.1, 0.15) is 29.7 Å². The molecule has 1 N–H and O–H groups in total. The summed E-state index contributed by atoms with van der Waals surface area (Å²) in [6.45, 7) is 6.74. The minimum Gasteiger partial charge on any atom is -0.493 e. The summed E-state index contributed by atoms with van der Waals surface area (Å²) in [6, 6.07) is 10.2. The molecule has 29 heavy (non-hydrogen) atoms. The van der Waals surface area contributed by atoms with Gasteiger partial charge in [-0.15, -0.1) is 0 Å². The second-order valence-electron chi connectivity index (χ2n) is 7.94. The van der Waals surface area contributed by atoms with Gasteiger partial charge in [0.25, 0.3) is 0 Å². The van der Waals surface area contributed by atoms with E-state index in [4.69, 9.17) is 9.47 Å². The van der Waals surface area contributed by atoms with Gasteiger partial charge in [-0.2, -0.15) is 0 Å². The fraction of sp³-hybridized carbons (Fsp3) is 0.522. The Morgan fingerprint density at radius 1 is 1.10 bits per heavy atom. The van der Waals surface area contributed by atoms with Gasteiger partial charge in [-0.3, -0.25) is 9.88 Å². The molecular formula is C23H33N3O3. The summed E-state index contributed by atoms with van der Waals surface area (Å²) in [5.74, 6) is 1.37. The molecule has 6 heteroatoms. The Balaban J connectivity index is 1.53. The second-order valence-corrected chi connectivity index (χ2v) is 7.94. The monoisotopic (exact) mass is 399 g/mol. The first-order valence-corrected chi connectivity index (χ1v) is 10.3. The van der Waals surface area contributed by atoms with Crippen LogP contribution in [0.5, 0.6) is 11.5 Å². The minimum absolute atomic E-state index is 0.271. The Hall–Kier alpha value is -2.15. The fourth-order valence-corrected chi connectivity index (χ4v) is 3.81. The smallest absolute Gasteiger partial charge is 0.161 e. The van der Waals surface area contributed by atoms with Gasteiger partial charge in [0.05, 0.1) is 7.11 Å². The van der Waals surface area contributed by atoms with Crippen molar-refractivity contribution in [3.63, 3.8) is 0 Å². The van der Waals surface area contributed by atoms with Crippen LogP contribution in [0.3, 0.4) is 0 Å². The summed E-state index contributed by atoms with van der Waals surface area (Å²) in [6.07, 6.45) is 3.80. The van der Waals surface area contributed by atoms with Crippen molar-refractivity contribution in [2.24, 2.45) is 0 Å². The molecule has 0 bridgehead atoms. The number of aliphatic hydroxyl groups is 1. The third kappa shape index (κ3) is 6.70. The molecule has 0 aliphatic carbocycles. The van der Waals surface area contributed by atoms with Gasteiger partial charge in [0, 0.05) is 31.5 Å². The van der Waals surface area contributed by atoms with Gasteiger partial charge in [-0.25, -0.2) is 0 Å². The third-order valence-corrected chi connectivity index (χ3v) is 5.19. The molecule has 6 nitrogen and oxygen atoms in total. The molecule has 1 atom stereocenters. The van der Waals surface area contributed by atoms with E-state index < -0.39 is 6.10 Å². The van der Waals surface area contributed by atoms with Crippen LogP contribution in [-0.4, -0.2) is 66.4 Å². The van der Waals surface area contributed by atoms with Gasteiger partial charge in [-0.1, -0.05) is 6.07 Å². The van der Waals surface area contributed by atoms with Crippen molar-refractivity contribution >= 4 is 0 Å². The molecule has 1 fully saturated rings. The highest BCUT2D eigenvalue weighted by Gasteiger charge is 2.17. The Kier molecular flexibility index (Phi) is 7.86. The van der Waals surface area contributed by atoms with E-state index in [1.54, 1.807) is 7.11 Å². The lowest BCUT2D eigenvalue weighted by molar-refractivity contribution is 0.0747. The summed E-state index contributed by atoms with van der Waals surface area (Å²) in [5.41, 5.74) is 3.44. The molecule has 1 aliphatic rings. The largest absolute Gasteiger partial charge is 0.493 e. The predicted molar refractivity (Wildman–Crippen MR) is 114 cm³/mol. The Morgan fingerprint density at radius 2 is 1.83 bits per heavy atom. The highest BCUT2D eigenvalue weighted by molar-refractivity contribution is 5.43. The molecule has 1 aromatic heterocycles. The standard InChI is InChI=1S/C23H33N3O3/c1-18-12-20(8-9-24-18)15-25(2)14-19-6-7-22(23(13-19)28-3)29-17-21(27)16-26-10-4-5-11-26/h6-9,12-13,21,27H,4-5,10-11,14-17H2,1-3H3. The number of hydrogen-bond acceptors (Lipinski definition) is 6. The van der Waals surface area contributed by atoms with Crippen molar-refractivity contribution in [1.82, 2.24) is 14.8 Å². The van der Waals surface area contributed by atoms with Crippen LogP contribution < -0.4 is 9.47 Å². The first-order valence-electron chi connectivity index (χ1n) is 10.3. The molecule has 158 valence electrons. The molecule has 1 aromatic carbocycles. The average Bonchev–Trinajstić information content (AvgIpc) is 3.19. The van der Waals surface area contributed by atoms with Crippen molar-refractivity contribution in [3.05, 3.63) is 53.3 Å². The second kappa shape index (κ2) is 10.6. The molecule has 1 aliphatic heterocycles. The zero-order valence-electron chi connectivity index (χ0n) is 17.8. The lowest BCUT2D eigenvalue weighted by Crippen LogP contribution is -2.33. The minimum atomic E-state index is -0.493. The van der Waals surface area contributed by atoms with E-state index in [1.165, 1.54) is 18.4 Å². The zero-order valence-corrected chi connectivity index (χ0v) is 17.8. The number of methoxy groups -OCH3 is 1. The van der Waals surface area contributed by atoms with Gasteiger partial charge >= 0.3 is 0 Å². The molecule has 1 unspecified atom stereocenters. The maximum absolute atomic E-state index is 10.2. The predicted octanol–water partition coefficient (Wildman–Crippen LogP) is 2.87. The number of aryl methyl sites for hydroxylation is 1. The van der Waals surface area contributed by atoms with Crippen molar-refractivity contribution in [3.8, 4) is 11.5 Å². The normalized spacial score (nSPS) is 15.6. The number of aliphatic hydroxyl groups excluding tert-OH is 1. The Morgan fingerprint density at radius 3 is 2.52 bits per heavy atom. The number of likely N-dealkylation sites (tertiary alicyclic amines) is 1. The van der Waals surface area contributed by atoms with Crippen LogP contribution >= 0.6 is 0 Å². The maximum atomic E-state index is 10.2. The molecule has 2 heterocycles. The van der Waals surface area contributed by atoms with E-state index in [0.29, 0.717) is 18.0 Å². The summed E-state index contributed by atoms with van der Waals surface area (Å²) in [5, 5.41) is 10.2. The summed E-state index contributed by atoms with van der Waals surface area (Å²) in [4.78, 5) is 8.79. The van der Waals surface area contributed by atoms with Gasteiger partial charge in [0.2, 0.25) is 0 Å². The van der Waals surface area contributed by atoms with E-state index in [2.05, 4.69) is 40.0 Å². The Labute approximate surface area is 174 Å². The van der Waals surface area contributed by atoms with Crippen LogP contribution in [-0.2, 0) is 13.1 Å². The lowest BCUT2D eigenvalue weighted by atomic mass is 10.1. The van der Waals surface area contributed by atoms with Crippen LogP contribution in [0.25, 0.3) is 0 Å². The van der Waals surface area contributed by atoms with E-state index in [-0.39, 0.29) is 6.61 Å². The van der Waals surface area contributed by atoms with Crippen LogP contribution in [0.4, 0.5) is 0 Å². The molecule has 0 radical (unpaired) electrons. The molecule has 0 spiro atoms. The quantitative estimate of drug-likeness (QED) is 0.663. The topological polar surface area (TPSA) is 58.1 Å². The number of β-amino-alcohol motifs (C(OH)–C–C–N with tert-alkyl or cyclic N) is 1. The maximum Gasteiger partial charge on any atom is 0.161 e. The van der Waals surface area contributed by atoms with Gasteiger partial charge in [-0.05, 0) is 75.3 Å². The van der Waals surface area contributed by atoms with Gasteiger partial charge < -0.3 is 19.5 Å². The molecular weight excluding hydrogens is 366 g/mol. The molecule has 0 saturated carbocycles. The summed E-state index contributed by atoms with van der Waals surface area (Å²) in [7, 11) is 3.75. The number of pyridine rings is 1. The van der Waals surface area contributed by atoms with E-state index in [1.807, 2.05) is 25.3 Å². The van der Waals surface area contributed by atoms with E-state index in [9.17, 15) is 5.11 Å². The van der Waals surface area contributed by atoms with Crippen molar-refractivity contribution in [2.45, 2.75) is 39.0 Å². The highest BCUT2D eigenvalue weighted by Crippen LogP contribution is 2.29. The number of nitrogens with zero attached hydrogens (tertiary/aromatic N) is 3. The SMILES string of the molecule is COc1cc(CN(C)Cc2ccnc(C)c2)ccc1OCC(O)CN1CCCC1. The van der Waals surface area contributed by atoms with Crippen molar-refractivity contribution < 1.29 is 14.6 Å². The molecule has 2 aromatic rings.